The summed E-state index contributed by atoms with van der Waals surface area (Å²) in [6, 6.07) is 29.4. The highest BCUT2D eigenvalue weighted by molar-refractivity contribution is 5.90. The van der Waals surface area contributed by atoms with Crippen LogP contribution in [0.25, 0.3) is 10.9 Å². The summed E-state index contributed by atoms with van der Waals surface area (Å²) in [7, 11) is 0. The van der Waals surface area contributed by atoms with Crippen molar-refractivity contribution in [3.63, 3.8) is 0 Å². The van der Waals surface area contributed by atoms with E-state index in [-0.39, 0.29) is 12.4 Å². The smallest absolute Gasteiger partial charge is 0.296 e. The molecule has 0 bridgehead atoms. The summed E-state index contributed by atoms with van der Waals surface area (Å²) in [4.78, 5) is 16.3. The maximum Gasteiger partial charge on any atom is 0.296 e. The number of hydrogen-bond donors (Lipinski definition) is 3. The average molecular weight is 406 g/mol. The van der Waals surface area contributed by atoms with E-state index in [0.717, 1.165) is 10.9 Å². The van der Waals surface area contributed by atoms with Crippen LogP contribution in [-0.2, 0) is 10.4 Å². The SMILES string of the molecule is O=C(NNc1ccc2ccccc2[nH+]1)C(O)(c1ccccc1)c1ccccc1.[Cl-]. The summed E-state index contributed by atoms with van der Waals surface area (Å²) < 4.78 is 0. The summed E-state index contributed by atoms with van der Waals surface area (Å²) in [5.41, 5.74) is 5.58. The number of H-pyrrole nitrogens is 1. The normalized spacial score (nSPS) is 10.8. The van der Waals surface area contributed by atoms with Crippen LogP contribution in [0.15, 0.2) is 97.1 Å². The highest BCUT2D eigenvalue weighted by Crippen LogP contribution is 2.29. The Kier molecular flexibility index (Phi) is 6.12. The number of benzene rings is 3. The first-order chi connectivity index (χ1) is 13.7. The third-order valence-corrected chi connectivity index (χ3v) is 4.68. The fraction of sp³-hybridized carbons (Fsp3) is 0.0435. The van der Waals surface area contributed by atoms with Gasteiger partial charge in [-0.1, -0.05) is 78.9 Å². The number of nitrogens with one attached hydrogen (secondary N) is 3. The number of fused-ring (bicyclic) bond motifs is 1. The Balaban J connectivity index is 0.00000240. The monoisotopic (exact) mass is 405 g/mol. The summed E-state index contributed by atoms with van der Waals surface area (Å²) in [6.07, 6.45) is 0. The molecule has 6 heteroatoms. The summed E-state index contributed by atoms with van der Waals surface area (Å²) in [6.45, 7) is 0. The number of hydrogen-bond acceptors (Lipinski definition) is 3. The van der Waals surface area contributed by atoms with Crippen molar-refractivity contribution in [2.75, 3.05) is 5.43 Å². The summed E-state index contributed by atoms with van der Waals surface area (Å²) in [5.74, 6) is 0.0296. The fourth-order valence-electron chi connectivity index (χ4n) is 3.19. The number of aromatic nitrogens is 1. The van der Waals surface area contributed by atoms with Crippen molar-refractivity contribution in [2.45, 2.75) is 5.60 Å². The largest absolute Gasteiger partial charge is 1.00 e. The van der Waals surface area contributed by atoms with Crippen LogP contribution in [0.5, 0.6) is 0 Å². The number of para-hydroxylation sites is 1. The van der Waals surface area contributed by atoms with Gasteiger partial charge >= 0.3 is 0 Å². The van der Waals surface area contributed by atoms with E-state index in [0.29, 0.717) is 16.9 Å². The van der Waals surface area contributed by atoms with Gasteiger partial charge < -0.3 is 17.5 Å². The van der Waals surface area contributed by atoms with Gasteiger partial charge in [0.2, 0.25) is 0 Å². The predicted molar refractivity (Wildman–Crippen MR) is 108 cm³/mol. The molecule has 4 N–H and O–H groups in total. The molecular weight excluding hydrogens is 386 g/mol. The Labute approximate surface area is 174 Å². The van der Waals surface area contributed by atoms with Gasteiger partial charge in [-0.05, 0) is 23.3 Å². The van der Waals surface area contributed by atoms with Crippen LogP contribution >= 0.6 is 0 Å². The zero-order valence-corrected chi connectivity index (χ0v) is 16.2. The Hall–Kier alpha value is -3.41. The van der Waals surface area contributed by atoms with Crippen molar-refractivity contribution >= 4 is 22.6 Å². The molecule has 5 nitrogen and oxygen atoms in total. The minimum atomic E-state index is -1.83. The van der Waals surface area contributed by atoms with E-state index < -0.39 is 11.5 Å². The number of anilines is 1. The number of hydrazine groups is 1. The van der Waals surface area contributed by atoms with E-state index in [1.165, 1.54) is 0 Å². The Morgan fingerprint density at radius 3 is 1.93 bits per heavy atom. The number of pyridine rings is 1. The number of rotatable bonds is 5. The molecule has 4 rings (SSSR count). The zero-order chi connectivity index (χ0) is 19.4. The van der Waals surface area contributed by atoms with Gasteiger partial charge in [0.15, 0.2) is 5.60 Å². The molecule has 146 valence electrons. The Morgan fingerprint density at radius 2 is 1.31 bits per heavy atom. The molecule has 1 heterocycles. The van der Waals surface area contributed by atoms with Crippen LogP contribution in [0, 0.1) is 0 Å². The van der Waals surface area contributed by atoms with Crippen molar-refractivity contribution in [3.05, 3.63) is 108 Å². The molecule has 0 spiro atoms. The van der Waals surface area contributed by atoms with Gasteiger partial charge in [-0.3, -0.25) is 4.79 Å². The van der Waals surface area contributed by atoms with Crippen LogP contribution in [0.4, 0.5) is 5.82 Å². The lowest BCUT2D eigenvalue weighted by molar-refractivity contribution is -0.327. The topological polar surface area (TPSA) is 75.5 Å². The van der Waals surface area contributed by atoms with Crippen molar-refractivity contribution in [1.82, 2.24) is 5.43 Å². The summed E-state index contributed by atoms with van der Waals surface area (Å²) in [5, 5.41) is 12.5. The molecule has 0 aliphatic carbocycles. The van der Waals surface area contributed by atoms with Crippen LogP contribution < -0.4 is 28.2 Å². The minimum absolute atomic E-state index is 0. The number of halogens is 1. The lowest BCUT2D eigenvalue weighted by Crippen LogP contribution is -3.00. The molecule has 29 heavy (non-hydrogen) atoms. The van der Waals surface area contributed by atoms with Crippen molar-refractivity contribution in [3.8, 4) is 0 Å². The minimum Gasteiger partial charge on any atom is -1.00 e. The molecule has 4 aromatic rings. The van der Waals surface area contributed by atoms with Gasteiger partial charge in [-0.15, -0.1) is 0 Å². The molecule has 0 aliphatic heterocycles. The molecule has 0 saturated carbocycles. The number of carbonyl (C=O) groups is 1. The van der Waals surface area contributed by atoms with Gasteiger partial charge in [0.25, 0.3) is 11.7 Å². The van der Waals surface area contributed by atoms with Crippen molar-refractivity contribution < 1.29 is 27.3 Å². The Bertz CT molecular complexity index is 1070. The van der Waals surface area contributed by atoms with E-state index in [9.17, 15) is 9.90 Å². The average Bonchev–Trinajstić information content (AvgIpc) is 2.78. The van der Waals surface area contributed by atoms with Gasteiger partial charge in [0.05, 0.1) is 0 Å². The molecule has 0 aliphatic rings. The first kappa shape index (κ1) is 20.3. The van der Waals surface area contributed by atoms with E-state index in [2.05, 4.69) is 15.8 Å². The van der Waals surface area contributed by atoms with Crippen molar-refractivity contribution in [2.24, 2.45) is 0 Å². The molecule has 1 aromatic heterocycles. The van der Waals surface area contributed by atoms with Crippen LogP contribution in [0.2, 0.25) is 0 Å². The molecule has 0 unspecified atom stereocenters. The van der Waals surface area contributed by atoms with Gasteiger partial charge in [0.1, 0.15) is 5.52 Å². The molecule has 0 radical (unpaired) electrons. The number of amides is 1. The van der Waals surface area contributed by atoms with E-state index in [4.69, 9.17) is 0 Å². The van der Waals surface area contributed by atoms with Crippen LogP contribution in [0.3, 0.4) is 0 Å². The maximum absolute atomic E-state index is 13.1. The van der Waals surface area contributed by atoms with E-state index in [1.54, 1.807) is 48.5 Å². The Morgan fingerprint density at radius 1 is 0.759 bits per heavy atom. The molecule has 0 saturated heterocycles. The van der Waals surface area contributed by atoms with Gasteiger partial charge in [0, 0.05) is 11.5 Å². The first-order valence-corrected chi connectivity index (χ1v) is 8.99. The standard InChI is InChI=1S/C23H19N3O2.ClH/c27-22(26-25-21-16-15-17-9-7-8-14-20(17)24-21)23(28,18-10-3-1-4-11-18)19-12-5-2-6-13-19;/h1-16,28H,(H,24,25)(H,26,27);1H. The lowest BCUT2D eigenvalue weighted by Gasteiger charge is -2.27. The van der Waals surface area contributed by atoms with E-state index in [1.807, 2.05) is 48.5 Å². The van der Waals surface area contributed by atoms with Gasteiger partial charge in [-0.2, -0.15) is 10.9 Å². The molecule has 0 atom stereocenters. The quantitative estimate of drug-likeness (QED) is 0.410. The zero-order valence-electron chi connectivity index (χ0n) is 15.5. The second-order valence-electron chi connectivity index (χ2n) is 6.48. The molecule has 3 aromatic carbocycles. The predicted octanol–water partition coefficient (Wildman–Crippen LogP) is 0.0371. The third-order valence-electron chi connectivity index (χ3n) is 4.68. The second-order valence-corrected chi connectivity index (χ2v) is 6.48. The highest BCUT2D eigenvalue weighted by Gasteiger charge is 2.40. The molecular formula is C23H20ClN3O2. The number of aromatic amines is 1. The molecule has 0 fully saturated rings. The fourth-order valence-corrected chi connectivity index (χ4v) is 3.19. The first-order valence-electron chi connectivity index (χ1n) is 8.99. The third kappa shape index (κ3) is 4.06. The number of carbonyl (C=O) groups excluding carboxylic acids is 1. The van der Waals surface area contributed by atoms with Gasteiger partial charge in [-0.25, -0.2) is 4.98 Å². The molecule has 1 amide bonds. The second kappa shape index (κ2) is 8.73. The maximum atomic E-state index is 13.1. The van der Waals surface area contributed by atoms with Crippen LogP contribution in [0.1, 0.15) is 11.1 Å². The van der Waals surface area contributed by atoms with Crippen LogP contribution in [-0.4, -0.2) is 11.0 Å². The van der Waals surface area contributed by atoms with E-state index >= 15 is 0 Å². The lowest BCUT2D eigenvalue weighted by atomic mass is 9.85. The highest BCUT2D eigenvalue weighted by atomic mass is 35.5. The van der Waals surface area contributed by atoms with Crippen molar-refractivity contribution in [1.29, 1.82) is 0 Å². The number of aliphatic hydroxyl groups is 1. The summed E-state index contributed by atoms with van der Waals surface area (Å²) >= 11 is 0.